The van der Waals surface area contributed by atoms with Crippen LogP contribution in [0.3, 0.4) is 0 Å². The van der Waals surface area contributed by atoms with E-state index < -0.39 is 9.84 Å². The molecule has 3 aliphatic heterocycles. The molecule has 0 bridgehead atoms. The van der Waals surface area contributed by atoms with Crippen LogP contribution in [0.4, 0.5) is 0 Å². The van der Waals surface area contributed by atoms with Crippen molar-refractivity contribution in [3.05, 3.63) is 11.6 Å². The van der Waals surface area contributed by atoms with Crippen molar-refractivity contribution >= 4 is 15.7 Å². The van der Waals surface area contributed by atoms with Crippen LogP contribution in [-0.4, -0.2) is 65.3 Å². The molecule has 1 aromatic heterocycles. The molecule has 1 amide bonds. The number of hydrogen-bond acceptors (Lipinski definition) is 6. The van der Waals surface area contributed by atoms with Crippen molar-refractivity contribution in [1.82, 2.24) is 19.7 Å². The first-order valence-electron chi connectivity index (χ1n) is 9.45. The maximum absolute atomic E-state index is 12.9. The first kappa shape index (κ1) is 17.9. The van der Waals surface area contributed by atoms with E-state index in [1.165, 1.54) is 0 Å². The van der Waals surface area contributed by atoms with Crippen molar-refractivity contribution in [1.29, 1.82) is 0 Å². The van der Waals surface area contributed by atoms with Crippen LogP contribution >= 0.6 is 0 Å². The Kier molecular flexibility index (Phi) is 4.77. The lowest BCUT2D eigenvalue weighted by molar-refractivity contribution is -0.137. The summed E-state index contributed by atoms with van der Waals surface area (Å²) in [6, 6.07) is 0.128. The highest BCUT2D eigenvalue weighted by Crippen LogP contribution is 2.32. The van der Waals surface area contributed by atoms with Crippen molar-refractivity contribution in [2.45, 2.75) is 51.1 Å². The maximum atomic E-state index is 12.9. The molecule has 1 aromatic rings. The normalized spacial score (nSPS) is 27.3. The van der Waals surface area contributed by atoms with Gasteiger partial charge in [-0.2, -0.15) is 0 Å². The van der Waals surface area contributed by atoms with Gasteiger partial charge in [-0.3, -0.25) is 4.79 Å². The first-order valence-corrected chi connectivity index (χ1v) is 11.3. The lowest BCUT2D eigenvalue weighted by Crippen LogP contribution is -2.45. The number of nitrogens with zero attached hydrogens (tertiary/aromatic N) is 4. The minimum atomic E-state index is -2.96. The van der Waals surface area contributed by atoms with Gasteiger partial charge < -0.3 is 14.2 Å². The number of rotatable bonds is 2. The number of fused-ring (bicyclic) bond motifs is 1. The lowest BCUT2D eigenvalue weighted by atomic mass is 9.98. The quantitative estimate of drug-likeness (QED) is 0.754. The molecule has 26 heavy (non-hydrogen) atoms. The fourth-order valence-electron chi connectivity index (χ4n) is 4.36. The molecule has 0 saturated carbocycles. The first-order chi connectivity index (χ1) is 12.4. The van der Waals surface area contributed by atoms with Crippen molar-refractivity contribution in [3.8, 4) is 0 Å². The van der Waals surface area contributed by atoms with Crippen molar-refractivity contribution < 1.29 is 17.9 Å². The number of carbonyl (C=O) groups is 1. The number of carbonyl (C=O) groups excluding carboxylic acids is 1. The highest BCUT2D eigenvalue weighted by atomic mass is 32.2. The second-order valence-corrected chi connectivity index (χ2v) is 10.0. The molecular formula is C17H26N4O4S. The van der Waals surface area contributed by atoms with E-state index in [0.717, 1.165) is 37.7 Å². The van der Waals surface area contributed by atoms with Gasteiger partial charge >= 0.3 is 0 Å². The van der Waals surface area contributed by atoms with E-state index in [1.807, 2.05) is 4.90 Å². The van der Waals surface area contributed by atoms with Crippen LogP contribution in [-0.2, 0) is 25.9 Å². The summed E-state index contributed by atoms with van der Waals surface area (Å²) in [6.07, 6.45) is 2.80. The molecule has 0 spiro atoms. The topological polar surface area (TPSA) is 94.4 Å². The van der Waals surface area contributed by atoms with Crippen molar-refractivity contribution in [2.75, 3.05) is 31.3 Å². The van der Waals surface area contributed by atoms with Gasteiger partial charge in [0.2, 0.25) is 5.91 Å². The van der Waals surface area contributed by atoms with E-state index in [0.29, 0.717) is 31.8 Å². The van der Waals surface area contributed by atoms with Gasteiger partial charge in [0.1, 0.15) is 15.7 Å². The van der Waals surface area contributed by atoms with E-state index in [4.69, 9.17) is 4.74 Å². The minimum absolute atomic E-state index is 0.0635. The number of hydrogen-bond donors (Lipinski definition) is 0. The maximum Gasteiger partial charge on any atom is 0.226 e. The van der Waals surface area contributed by atoms with Gasteiger partial charge in [0.05, 0.1) is 24.1 Å². The van der Waals surface area contributed by atoms with Crippen LogP contribution < -0.4 is 0 Å². The highest BCUT2D eigenvalue weighted by Gasteiger charge is 2.36. The molecule has 0 N–H and O–H groups in total. The zero-order valence-corrected chi connectivity index (χ0v) is 15.9. The van der Waals surface area contributed by atoms with Gasteiger partial charge in [-0.15, -0.1) is 10.2 Å². The molecule has 0 aliphatic carbocycles. The molecule has 2 fully saturated rings. The van der Waals surface area contributed by atoms with Crippen LogP contribution in [0.25, 0.3) is 0 Å². The Morgan fingerprint density at radius 1 is 1.12 bits per heavy atom. The van der Waals surface area contributed by atoms with Gasteiger partial charge in [-0.25, -0.2) is 8.42 Å². The summed E-state index contributed by atoms with van der Waals surface area (Å²) in [5, 5.41) is 8.80. The average molecular weight is 382 g/mol. The third kappa shape index (κ3) is 3.38. The summed E-state index contributed by atoms with van der Waals surface area (Å²) in [6.45, 7) is 4.71. The molecule has 1 atom stereocenters. The Balaban J connectivity index is 1.48. The SMILES string of the molecule is C[C@H]1CN(C(=O)C2CCS(=O)(=O)CC2)Cc2nnc(C3CCOCC3)n21. The summed E-state index contributed by atoms with van der Waals surface area (Å²) in [5.41, 5.74) is 0. The van der Waals surface area contributed by atoms with E-state index in [-0.39, 0.29) is 29.4 Å². The van der Waals surface area contributed by atoms with Crippen LogP contribution in [0.15, 0.2) is 0 Å². The molecular weight excluding hydrogens is 356 g/mol. The Hall–Kier alpha value is -1.48. The summed E-state index contributed by atoms with van der Waals surface area (Å²) < 4.78 is 30.9. The van der Waals surface area contributed by atoms with Crippen LogP contribution in [0.1, 0.15) is 56.2 Å². The van der Waals surface area contributed by atoms with Crippen LogP contribution in [0.2, 0.25) is 0 Å². The summed E-state index contributed by atoms with van der Waals surface area (Å²) in [5.74, 6) is 2.35. The van der Waals surface area contributed by atoms with Crippen molar-refractivity contribution in [3.63, 3.8) is 0 Å². The Morgan fingerprint density at radius 3 is 2.50 bits per heavy atom. The molecule has 4 rings (SSSR count). The molecule has 144 valence electrons. The smallest absolute Gasteiger partial charge is 0.226 e. The highest BCUT2D eigenvalue weighted by molar-refractivity contribution is 7.91. The van der Waals surface area contributed by atoms with Gasteiger partial charge in [0.15, 0.2) is 5.82 Å². The summed E-state index contributed by atoms with van der Waals surface area (Å²) >= 11 is 0. The third-order valence-electron chi connectivity index (χ3n) is 5.85. The van der Waals surface area contributed by atoms with Gasteiger partial charge in [-0.1, -0.05) is 0 Å². The van der Waals surface area contributed by atoms with E-state index in [2.05, 4.69) is 21.7 Å². The fourth-order valence-corrected chi connectivity index (χ4v) is 5.85. The number of sulfone groups is 1. The monoisotopic (exact) mass is 382 g/mol. The summed E-state index contributed by atoms with van der Waals surface area (Å²) in [7, 11) is -2.96. The zero-order chi connectivity index (χ0) is 18.3. The number of aromatic nitrogens is 3. The van der Waals surface area contributed by atoms with E-state index in [1.54, 1.807) is 0 Å². The molecule has 9 heteroatoms. The molecule has 0 aromatic carbocycles. The molecule has 0 unspecified atom stereocenters. The predicted octanol–water partition coefficient (Wildman–Crippen LogP) is 0.900. The zero-order valence-electron chi connectivity index (χ0n) is 15.1. The Labute approximate surface area is 153 Å². The molecule has 8 nitrogen and oxygen atoms in total. The molecule has 0 radical (unpaired) electrons. The van der Waals surface area contributed by atoms with Gasteiger partial charge in [-0.05, 0) is 32.6 Å². The number of amides is 1. The Bertz CT molecular complexity index is 771. The predicted molar refractivity (Wildman–Crippen MR) is 94.3 cm³/mol. The largest absolute Gasteiger partial charge is 0.381 e. The minimum Gasteiger partial charge on any atom is -0.381 e. The third-order valence-corrected chi connectivity index (χ3v) is 7.57. The lowest BCUT2D eigenvalue weighted by Gasteiger charge is -2.36. The molecule has 2 saturated heterocycles. The summed E-state index contributed by atoms with van der Waals surface area (Å²) in [4.78, 5) is 14.7. The van der Waals surface area contributed by atoms with E-state index >= 15 is 0 Å². The van der Waals surface area contributed by atoms with Gasteiger partial charge in [0.25, 0.3) is 0 Å². The van der Waals surface area contributed by atoms with Crippen molar-refractivity contribution in [2.24, 2.45) is 5.92 Å². The second-order valence-electron chi connectivity index (χ2n) is 7.72. The van der Waals surface area contributed by atoms with Crippen LogP contribution in [0, 0.1) is 5.92 Å². The van der Waals surface area contributed by atoms with Gasteiger partial charge in [0, 0.05) is 31.6 Å². The standard InChI is InChI=1S/C17H26N4O4S/c1-12-10-20(17(22)14-4-8-26(23,24)9-5-14)11-15-18-19-16(21(12)15)13-2-6-25-7-3-13/h12-14H,2-11H2,1H3/t12-/m0/s1. The van der Waals surface area contributed by atoms with E-state index in [9.17, 15) is 13.2 Å². The molecule has 4 heterocycles. The second kappa shape index (κ2) is 6.92. The fraction of sp³-hybridized carbons (Fsp3) is 0.824. The number of ether oxygens (including phenoxy) is 1. The average Bonchev–Trinajstić information content (AvgIpc) is 3.06. The molecule has 3 aliphatic rings. The van der Waals surface area contributed by atoms with Crippen LogP contribution in [0.5, 0.6) is 0 Å². The Morgan fingerprint density at radius 2 is 1.81 bits per heavy atom.